The Balaban J connectivity index is 2.25. The summed E-state index contributed by atoms with van der Waals surface area (Å²) in [4.78, 5) is 11.7. The van der Waals surface area contributed by atoms with Crippen LogP contribution >= 0.6 is 15.9 Å². The maximum atomic E-state index is 11.4. The van der Waals surface area contributed by atoms with E-state index < -0.39 is 0 Å². The number of rotatable bonds is 4. The van der Waals surface area contributed by atoms with Crippen molar-refractivity contribution < 1.29 is 14.3 Å². The van der Waals surface area contributed by atoms with Gasteiger partial charge in [-0.05, 0) is 13.3 Å². The van der Waals surface area contributed by atoms with Gasteiger partial charge in [0.1, 0.15) is 12.0 Å². The normalized spacial score (nSPS) is 21.8. The average Bonchev–Trinajstić information content (AvgIpc) is 2.09. The van der Waals surface area contributed by atoms with Crippen molar-refractivity contribution in [2.45, 2.75) is 25.1 Å². The van der Waals surface area contributed by atoms with Crippen molar-refractivity contribution in [1.82, 2.24) is 0 Å². The first-order valence-corrected chi connectivity index (χ1v) is 5.39. The molecular formula is C9H15BrO3. The van der Waals surface area contributed by atoms with Crippen LogP contribution < -0.4 is 0 Å². The van der Waals surface area contributed by atoms with Crippen LogP contribution in [0.25, 0.3) is 0 Å². The maximum absolute atomic E-state index is 11.4. The molecule has 13 heavy (non-hydrogen) atoms. The number of carbonyl (C=O) groups is 1. The minimum Gasteiger partial charge on any atom is -0.464 e. The van der Waals surface area contributed by atoms with Gasteiger partial charge in [0.25, 0.3) is 0 Å². The van der Waals surface area contributed by atoms with Gasteiger partial charge in [0.05, 0.1) is 13.2 Å². The molecule has 1 atom stereocenters. The quantitative estimate of drug-likeness (QED) is 0.564. The minimum absolute atomic E-state index is 0.142. The molecule has 1 aliphatic heterocycles. The molecule has 0 bridgehead atoms. The van der Waals surface area contributed by atoms with Crippen LogP contribution in [0.1, 0.15) is 20.3 Å². The Bertz CT molecular complexity index is 189. The summed E-state index contributed by atoms with van der Waals surface area (Å²) >= 11 is 3.40. The van der Waals surface area contributed by atoms with Crippen LogP contribution in [0.5, 0.6) is 0 Å². The average molecular weight is 251 g/mol. The Morgan fingerprint density at radius 3 is 2.69 bits per heavy atom. The van der Waals surface area contributed by atoms with E-state index in [2.05, 4.69) is 15.9 Å². The second-order valence-electron chi connectivity index (χ2n) is 3.66. The molecule has 1 fully saturated rings. The minimum atomic E-state index is -0.388. The summed E-state index contributed by atoms with van der Waals surface area (Å²) in [7, 11) is 0. The van der Waals surface area contributed by atoms with E-state index in [0.29, 0.717) is 19.8 Å². The molecular weight excluding hydrogens is 236 g/mol. The smallest absolute Gasteiger partial charge is 0.316 e. The fraction of sp³-hybridized carbons (Fsp3) is 0.889. The molecule has 0 radical (unpaired) electrons. The van der Waals surface area contributed by atoms with Crippen molar-refractivity contribution in [2.24, 2.45) is 5.41 Å². The number of esters is 1. The molecule has 0 aromatic rings. The maximum Gasteiger partial charge on any atom is 0.316 e. The molecule has 1 saturated heterocycles. The van der Waals surface area contributed by atoms with Crippen LogP contribution in [0.3, 0.4) is 0 Å². The van der Waals surface area contributed by atoms with Crippen molar-refractivity contribution in [1.29, 1.82) is 0 Å². The number of alkyl halides is 1. The van der Waals surface area contributed by atoms with E-state index in [9.17, 15) is 4.79 Å². The first-order valence-electron chi connectivity index (χ1n) is 4.47. The Morgan fingerprint density at radius 2 is 2.31 bits per heavy atom. The topological polar surface area (TPSA) is 35.5 Å². The number of halogens is 1. The summed E-state index contributed by atoms with van der Waals surface area (Å²) in [5.41, 5.74) is -0.388. The van der Waals surface area contributed by atoms with Gasteiger partial charge in [0, 0.05) is 4.83 Å². The largest absolute Gasteiger partial charge is 0.464 e. The van der Waals surface area contributed by atoms with Gasteiger partial charge in [-0.2, -0.15) is 0 Å². The van der Waals surface area contributed by atoms with E-state index in [4.69, 9.17) is 9.47 Å². The van der Waals surface area contributed by atoms with Gasteiger partial charge in [-0.25, -0.2) is 0 Å². The molecule has 0 amide bonds. The van der Waals surface area contributed by atoms with Gasteiger partial charge in [-0.3, -0.25) is 4.79 Å². The molecule has 0 spiro atoms. The summed E-state index contributed by atoms with van der Waals surface area (Å²) in [6.45, 7) is 5.34. The van der Waals surface area contributed by atoms with E-state index in [0.717, 1.165) is 6.42 Å². The van der Waals surface area contributed by atoms with Gasteiger partial charge in [0.2, 0.25) is 0 Å². The second-order valence-corrected chi connectivity index (χ2v) is 4.95. The molecule has 0 N–H and O–H groups in total. The lowest BCUT2D eigenvalue weighted by Crippen LogP contribution is -2.47. The number of hydrogen-bond donors (Lipinski definition) is 0. The third kappa shape index (κ3) is 2.68. The Hall–Kier alpha value is -0.0900. The van der Waals surface area contributed by atoms with Crippen LogP contribution in [0, 0.1) is 5.41 Å². The van der Waals surface area contributed by atoms with Crippen LogP contribution in [0.15, 0.2) is 0 Å². The Kier molecular flexibility index (Phi) is 3.74. The molecule has 0 aromatic heterocycles. The molecule has 1 heterocycles. The van der Waals surface area contributed by atoms with Gasteiger partial charge < -0.3 is 9.47 Å². The summed E-state index contributed by atoms with van der Waals surface area (Å²) in [6, 6.07) is 0. The predicted molar refractivity (Wildman–Crippen MR) is 52.9 cm³/mol. The standard InChI is InChI=1S/C9H15BrO3/c1-3-7(10)4-13-8(11)9(2)5-12-6-9/h7H,3-6H2,1-2H3. The van der Waals surface area contributed by atoms with Crippen LogP contribution in [0.2, 0.25) is 0 Å². The van der Waals surface area contributed by atoms with Crippen molar-refractivity contribution in [2.75, 3.05) is 19.8 Å². The van der Waals surface area contributed by atoms with Gasteiger partial charge in [-0.15, -0.1) is 0 Å². The monoisotopic (exact) mass is 250 g/mol. The van der Waals surface area contributed by atoms with Crippen LogP contribution in [-0.4, -0.2) is 30.6 Å². The summed E-state index contributed by atoms with van der Waals surface area (Å²) in [6.07, 6.45) is 0.959. The third-order valence-corrected chi connectivity index (χ3v) is 3.08. The zero-order valence-electron chi connectivity index (χ0n) is 8.01. The summed E-state index contributed by atoms with van der Waals surface area (Å²) in [5.74, 6) is -0.142. The molecule has 1 rings (SSSR count). The molecule has 4 heteroatoms. The van der Waals surface area contributed by atoms with E-state index in [1.54, 1.807) is 0 Å². The van der Waals surface area contributed by atoms with E-state index in [-0.39, 0.29) is 16.2 Å². The lowest BCUT2D eigenvalue weighted by atomic mass is 9.89. The fourth-order valence-electron chi connectivity index (χ4n) is 0.984. The summed E-state index contributed by atoms with van der Waals surface area (Å²) < 4.78 is 10.1. The predicted octanol–water partition coefficient (Wildman–Crippen LogP) is 1.74. The van der Waals surface area contributed by atoms with E-state index >= 15 is 0 Å². The van der Waals surface area contributed by atoms with Crippen molar-refractivity contribution >= 4 is 21.9 Å². The molecule has 0 aliphatic carbocycles. The number of carbonyl (C=O) groups excluding carboxylic acids is 1. The zero-order chi connectivity index (χ0) is 9.90. The van der Waals surface area contributed by atoms with E-state index in [1.165, 1.54) is 0 Å². The lowest BCUT2D eigenvalue weighted by Gasteiger charge is -2.35. The van der Waals surface area contributed by atoms with Crippen LogP contribution in [0.4, 0.5) is 0 Å². The second kappa shape index (κ2) is 4.42. The van der Waals surface area contributed by atoms with Crippen molar-refractivity contribution in [3.05, 3.63) is 0 Å². The highest BCUT2D eigenvalue weighted by Crippen LogP contribution is 2.28. The molecule has 76 valence electrons. The molecule has 1 unspecified atom stereocenters. The molecule has 0 saturated carbocycles. The third-order valence-electron chi connectivity index (χ3n) is 2.17. The molecule has 3 nitrogen and oxygen atoms in total. The number of hydrogen-bond acceptors (Lipinski definition) is 3. The van der Waals surface area contributed by atoms with Crippen LogP contribution in [-0.2, 0) is 14.3 Å². The van der Waals surface area contributed by atoms with Gasteiger partial charge in [0.15, 0.2) is 0 Å². The highest BCUT2D eigenvalue weighted by atomic mass is 79.9. The highest BCUT2D eigenvalue weighted by molar-refractivity contribution is 9.09. The first-order chi connectivity index (χ1) is 6.08. The number of ether oxygens (including phenoxy) is 2. The molecule has 0 aromatic carbocycles. The van der Waals surface area contributed by atoms with Crippen molar-refractivity contribution in [3.63, 3.8) is 0 Å². The zero-order valence-corrected chi connectivity index (χ0v) is 9.59. The first kappa shape index (κ1) is 11.0. The van der Waals surface area contributed by atoms with Gasteiger partial charge >= 0.3 is 5.97 Å². The highest BCUT2D eigenvalue weighted by Gasteiger charge is 2.42. The SMILES string of the molecule is CCC(Br)COC(=O)C1(C)COC1. The summed E-state index contributed by atoms with van der Waals surface area (Å²) in [5, 5.41) is 0. The Labute approximate surface area is 86.9 Å². The fourth-order valence-corrected chi connectivity index (χ4v) is 1.12. The van der Waals surface area contributed by atoms with E-state index in [1.807, 2.05) is 13.8 Å². The van der Waals surface area contributed by atoms with Gasteiger partial charge in [-0.1, -0.05) is 22.9 Å². The lowest BCUT2D eigenvalue weighted by molar-refractivity contribution is -0.182. The Morgan fingerprint density at radius 1 is 1.69 bits per heavy atom. The molecule has 1 aliphatic rings. The van der Waals surface area contributed by atoms with Crippen molar-refractivity contribution in [3.8, 4) is 0 Å².